The van der Waals surface area contributed by atoms with Crippen LogP contribution < -0.4 is 11.1 Å². The summed E-state index contributed by atoms with van der Waals surface area (Å²) in [7, 11) is 4.52. The minimum absolute atomic E-state index is 0.00131. The number of ketones is 2. The Hall–Kier alpha value is -3.74. The number of nitrogens with zero attached hydrogens (tertiary/aromatic N) is 2. The number of benzene rings is 1. The molecular formula is C30H40N4O8. The predicted molar refractivity (Wildman–Crippen MR) is 155 cm³/mol. The van der Waals surface area contributed by atoms with E-state index in [2.05, 4.69) is 31.2 Å². The minimum atomic E-state index is -2.69. The predicted octanol–water partition coefficient (Wildman–Crippen LogP) is 1.47. The lowest BCUT2D eigenvalue weighted by Crippen LogP contribution is -2.65. The molecule has 0 aromatic heterocycles. The molecule has 0 saturated heterocycles. The highest BCUT2D eigenvalue weighted by Crippen LogP contribution is 2.53. The third-order valence-corrected chi connectivity index (χ3v) is 8.39. The number of Topliss-reactive ketones (excluding diaryl/α,β-unsaturated/α-hetero) is 2. The van der Waals surface area contributed by atoms with Crippen molar-refractivity contribution in [3.8, 4) is 5.75 Å². The molecule has 1 amide bonds. The van der Waals surface area contributed by atoms with Crippen LogP contribution >= 0.6 is 0 Å². The van der Waals surface area contributed by atoms with E-state index in [1.54, 1.807) is 27.1 Å². The van der Waals surface area contributed by atoms with Crippen LogP contribution in [0.15, 0.2) is 28.1 Å². The van der Waals surface area contributed by atoms with E-state index in [1.807, 2.05) is 0 Å². The van der Waals surface area contributed by atoms with Crippen molar-refractivity contribution < 1.29 is 39.6 Å². The second-order valence-electron chi connectivity index (χ2n) is 12.8. The number of phenolic OH excluding ortho intramolecular Hbond substituents is 1. The number of fused-ring (bicyclic) bond motifs is 3. The first-order valence-electron chi connectivity index (χ1n) is 13.8. The number of oxime groups is 1. The number of aromatic hydroxyl groups is 1. The Balaban J connectivity index is 1.95. The van der Waals surface area contributed by atoms with Crippen LogP contribution in [0.25, 0.3) is 5.76 Å². The number of carbonyl (C=O) groups excluding carboxylic acids is 3. The molecule has 3 aliphatic carbocycles. The van der Waals surface area contributed by atoms with E-state index in [-0.39, 0.29) is 41.7 Å². The summed E-state index contributed by atoms with van der Waals surface area (Å²) in [5.74, 6) is -6.88. The zero-order valence-electron chi connectivity index (χ0n) is 25.0. The van der Waals surface area contributed by atoms with Crippen molar-refractivity contribution >= 4 is 28.9 Å². The number of hydrogen-bond acceptors (Lipinski definition) is 11. The number of likely N-dealkylation sites (N-methyl/N-ethyl adjacent to an activating group) is 1. The zero-order valence-corrected chi connectivity index (χ0v) is 25.0. The van der Waals surface area contributed by atoms with Crippen molar-refractivity contribution in [2.24, 2.45) is 28.1 Å². The molecule has 12 nitrogen and oxygen atoms in total. The van der Waals surface area contributed by atoms with Crippen LogP contribution in [0.2, 0.25) is 0 Å². The normalized spacial score (nSPS) is 26.3. The number of aliphatic hydroxyl groups is 3. The summed E-state index contributed by atoms with van der Waals surface area (Å²) in [4.78, 5) is 46.0. The molecule has 1 aromatic rings. The van der Waals surface area contributed by atoms with Gasteiger partial charge in [0.05, 0.1) is 17.3 Å². The molecule has 4 atom stereocenters. The van der Waals surface area contributed by atoms with Gasteiger partial charge in [0.15, 0.2) is 11.4 Å². The Morgan fingerprint density at radius 1 is 1.24 bits per heavy atom. The van der Waals surface area contributed by atoms with Crippen LogP contribution in [0.3, 0.4) is 0 Å². The number of phenols is 1. The maximum Gasteiger partial charge on any atom is 0.255 e. The molecule has 228 valence electrons. The summed E-state index contributed by atoms with van der Waals surface area (Å²) in [6.07, 6.45) is 0.158. The van der Waals surface area contributed by atoms with Crippen molar-refractivity contribution in [3.63, 3.8) is 0 Å². The van der Waals surface area contributed by atoms with Gasteiger partial charge in [-0.25, -0.2) is 0 Å². The quantitative estimate of drug-likeness (QED) is 0.155. The van der Waals surface area contributed by atoms with Gasteiger partial charge in [-0.3, -0.25) is 19.3 Å². The molecule has 0 bridgehead atoms. The fraction of sp³-hybridized carbons (Fsp3) is 0.533. The lowest BCUT2D eigenvalue weighted by Gasteiger charge is -2.50. The van der Waals surface area contributed by atoms with E-state index < -0.39 is 58.0 Å². The highest BCUT2D eigenvalue weighted by atomic mass is 16.6. The number of carbonyl (C=O) groups is 3. The van der Waals surface area contributed by atoms with Gasteiger partial charge in [0.25, 0.3) is 5.91 Å². The monoisotopic (exact) mass is 584 g/mol. The van der Waals surface area contributed by atoms with Crippen molar-refractivity contribution in [2.75, 3.05) is 27.7 Å². The van der Waals surface area contributed by atoms with Crippen molar-refractivity contribution in [1.29, 1.82) is 0 Å². The lowest BCUT2D eigenvalue weighted by atomic mass is 9.57. The second-order valence-corrected chi connectivity index (χ2v) is 12.8. The first-order chi connectivity index (χ1) is 19.5. The maximum absolute atomic E-state index is 14.1. The molecule has 0 heterocycles. The second kappa shape index (κ2) is 10.8. The van der Waals surface area contributed by atoms with Gasteiger partial charge in [-0.1, -0.05) is 25.9 Å². The van der Waals surface area contributed by atoms with Crippen LogP contribution in [0.1, 0.15) is 56.4 Å². The number of nitrogens with one attached hydrogen (secondary N) is 1. The Labute approximate surface area is 244 Å². The van der Waals surface area contributed by atoms with Crippen LogP contribution in [-0.2, 0) is 32.2 Å². The molecule has 1 fully saturated rings. The summed E-state index contributed by atoms with van der Waals surface area (Å²) in [6, 6.07) is 0.616. The molecule has 0 aliphatic heterocycles. The van der Waals surface area contributed by atoms with Crippen LogP contribution in [0.4, 0.5) is 0 Å². The molecule has 7 N–H and O–H groups in total. The molecule has 4 rings (SSSR count). The molecule has 1 aromatic carbocycles. The smallest absolute Gasteiger partial charge is 0.255 e. The summed E-state index contributed by atoms with van der Waals surface area (Å²) < 4.78 is 0. The van der Waals surface area contributed by atoms with E-state index in [1.165, 1.54) is 12.0 Å². The molecular weight excluding hydrogens is 544 g/mol. The van der Waals surface area contributed by atoms with Crippen molar-refractivity contribution in [1.82, 2.24) is 10.2 Å². The van der Waals surface area contributed by atoms with E-state index in [4.69, 9.17) is 10.6 Å². The van der Waals surface area contributed by atoms with Crippen molar-refractivity contribution in [3.05, 3.63) is 45.2 Å². The zero-order chi connectivity index (χ0) is 31.5. The number of aliphatic hydroxyl groups excluding tert-OH is 2. The van der Waals surface area contributed by atoms with Gasteiger partial charge in [0, 0.05) is 35.7 Å². The molecule has 4 unspecified atom stereocenters. The largest absolute Gasteiger partial charge is 0.508 e. The van der Waals surface area contributed by atoms with Crippen molar-refractivity contribution in [2.45, 2.75) is 58.7 Å². The van der Waals surface area contributed by atoms with Gasteiger partial charge in [-0.05, 0) is 56.8 Å². The first-order valence-corrected chi connectivity index (χ1v) is 13.8. The highest BCUT2D eigenvalue weighted by Gasteiger charge is 2.64. The number of hydrogen-bond donors (Lipinski definition) is 6. The third-order valence-electron chi connectivity index (χ3n) is 8.39. The van der Waals surface area contributed by atoms with Gasteiger partial charge in [-0.2, -0.15) is 0 Å². The van der Waals surface area contributed by atoms with Crippen LogP contribution in [-0.4, -0.2) is 87.9 Å². The van der Waals surface area contributed by atoms with E-state index in [0.717, 1.165) is 0 Å². The average molecular weight is 585 g/mol. The Bertz CT molecular complexity index is 1450. The molecule has 0 radical (unpaired) electrons. The molecule has 42 heavy (non-hydrogen) atoms. The number of primary amides is 1. The summed E-state index contributed by atoms with van der Waals surface area (Å²) >= 11 is 0. The van der Waals surface area contributed by atoms with Gasteiger partial charge < -0.3 is 36.3 Å². The molecule has 0 spiro atoms. The van der Waals surface area contributed by atoms with Crippen LogP contribution in [0.5, 0.6) is 5.75 Å². The number of rotatable bonds is 7. The Morgan fingerprint density at radius 2 is 1.88 bits per heavy atom. The molecule has 12 heteroatoms. The molecule has 3 aliphatic rings. The number of nitrogens with two attached hydrogens (primary N) is 1. The summed E-state index contributed by atoms with van der Waals surface area (Å²) in [6.45, 7) is 8.77. The Kier molecular flexibility index (Phi) is 8.04. The lowest BCUT2D eigenvalue weighted by molar-refractivity contribution is -0.153. The first kappa shape index (κ1) is 31.2. The fourth-order valence-electron chi connectivity index (χ4n) is 6.58. The fourth-order valence-corrected chi connectivity index (χ4v) is 6.58. The standard InChI is InChI=1S/C30H40N4O8/c1-13(33-42-7)16-9-15(11-32-12-29(2,3)4)23(35)20-17(16)8-14-10-18-22(34(5)6)25(37)21(28(31)40)27(39)30(18,41)26(38)19(14)24(20)36/h9,14,18,22,32,35-36,39,41H,8,10-12H2,1-7H3,(H2,31,40)/b33-13+. The van der Waals surface area contributed by atoms with Gasteiger partial charge in [0.2, 0.25) is 5.78 Å². The summed E-state index contributed by atoms with van der Waals surface area (Å²) in [5, 5.41) is 53.3. The topological polar surface area (TPSA) is 195 Å². The maximum atomic E-state index is 14.1. The Morgan fingerprint density at radius 3 is 2.43 bits per heavy atom. The van der Waals surface area contributed by atoms with Crippen LogP contribution in [0, 0.1) is 17.3 Å². The van der Waals surface area contributed by atoms with Gasteiger partial charge in [0.1, 0.15) is 30.0 Å². The average Bonchev–Trinajstić information content (AvgIpc) is 2.86. The SMILES string of the molecule is CO/N=C(\C)c1cc(CNCC(C)(C)C)c(O)c2c1CC1CC3C(N(C)C)C(=O)C(C(N)=O)=C(O)C3(O)C(=O)C1=C2O. The third kappa shape index (κ3) is 4.87. The van der Waals surface area contributed by atoms with E-state index >= 15 is 0 Å². The highest BCUT2D eigenvalue weighted by molar-refractivity contribution is 6.24. The van der Waals surface area contributed by atoms with Gasteiger partial charge >= 0.3 is 0 Å². The van der Waals surface area contributed by atoms with E-state index in [9.17, 15) is 34.8 Å². The van der Waals surface area contributed by atoms with Gasteiger partial charge in [-0.15, -0.1) is 0 Å². The minimum Gasteiger partial charge on any atom is -0.508 e. The summed E-state index contributed by atoms with van der Waals surface area (Å²) in [5.41, 5.74) is 3.67. The number of amides is 1. The molecule has 1 saturated carbocycles. The van der Waals surface area contributed by atoms with E-state index in [0.29, 0.717) is 28.9 Å².